The van der Waals surface area contributed by atoms with Crippen LogP contribution in [0.2, 0.25) is 0 Å². The molecule has 2 aromatic rings. The highest BCUT2D eigenvalue weighted by molar-refractivity contribution is 7.12. The molecule has 0 atom stereocenters. The van der Waals surface area contributed by atoms with Gasteiger partial charge in [-0.05, 0) is 43.2 Å². The fraction of sp³-hybridized carbons (Fsp3) is 0.333. The predicted molar refractivity (Wildman–Crippen MR) is 77.4 cm³/mol. The molecule has 0 unspecified atom stereocenters. The predicted octanol–water partition coefficient (Wildman–Crippen LogP) is 4.26. The molecule has 0 saturated carbocycles. The molecule has 2 rings (SSSR count). The Labute approximate surface area is 121 Å². The van der Waals surface area contributed by atoms with E-state index in [9.17, 15) is 8.78 Å². The lowest BCUT2D eigenvalue weighted by Gasteiger charge is -2.06. The first kappa shape index (κ1) is 14.9. The number of nitrogens with one attached hydrogen (secondary N) is 1. The summed E-state index contributed by atoms with van der Waals surface area (Å²) < 4.78 is 28.3. The van der Waals surface area contributed by atoms with Crippen LogP contribution in [0.5, 0.6) is 5.75 Å². The Hall–Kier alpha value is -1.46. The number of thiophene rings is 1. The summed E-state index contributed by atoms with van der Waals surface area (Å²) in [4.78, 5) is 2.65. The van der Waals surface area contributed by atoms with Crippen molar-refractivity contribution in [2.75, 3.05) is 0 Å². The summed E-state index contributed by atoms with van der Waals surface area (Å²) in [6, 6.07) is 8.88. The van der Waals surface area contributed by atoms with Crippen LogP contribution in [-0.2, 0) is 13.1 Å². The minimum Gasteiger partial charge on any atom is -0.435 e. The molecule has 108 valence electrons. The van der Waals surface area contributed by atoms with Gasteiger partial charge in [-0.1, -0.05) is 12.1 Å². The van der Waals surface area contributed by atoms with Crippen molar-refractivity contribution in [3.63, 3.8) is 0 Å². The first-order valence-corrected chi connectivity index (χ1v) is 7.16. The van der Waals surface area contributed by atoms with Crippen molar-refractivity contribution in [3.8, 4) is 5.75 Å². The third-order valence-corrected chi connectivity index (χ3v) is 4.15. The van der Waals surface area contributed by atoms with Crippen LogP contribution in [0.15, 0.2) is 30.3 Å². The van der Waals surface area contributed by atoms with E-state index in [1.54, 1.807) is 35.6 Å². The van der Waals surface area contributed by atoms with Gasteiger partial charge in [-0.25, -0.2) is 0 Å². The van der Waals surface area contributed by atoms with Crippen molar-refractivity contribution >= 4 is 11.3 Å². The van der Waals surface area contributed by atoms with E-state index in [4.69, 9.17) is 0 Å². The summed E-state index contributed by atoms with van der Waals surface area (Å²) in [6.07, 6.45) is 0. The summed E-state index contributed by atoms with van der Waals surface area (Å²) in [5.41, 5.74) is 2.36. The van der Waals surface area contributed by atoms with Crippen molar-refractivity contribution in [3.05, 3.63) is 51.2 Å². The molecular formula is C15H17F2NOS. The molecule has 0 aliphatic heterocycles. The molecule has 0 aliphatic carbocycles. The second-order valence-electron chi connectivity index (χ2n) is 4.58. The Kier molecular flexibility index (Phi) is 5.09. The molecule has 1 heterocycles. The maximum Gasteiger partial charge on any atom is 0.387 e. The number of ether oxygens (including phenoxy) is 1. The number of alkyl halides is 2. The summed E-state index contributed by atoms with van der Waals surface area (Å²) in [6.45, 7) is 2.96. The van der Waals surface area contributed by atoms with Gasteiger partial charge in [-0.15, -0.1) is 11.3 Å². The number of aryl methyl sites for hydroxylation is 2. The standard InChI is InChI=1S/C15H17F2NOS/c1-10-7-14(20-11(10)2)9-18-8-12-3-5-13(6-4-12)19-15(16)17/h3-7,15,18H,8-9H2,1-2H3. The van der Waals surface area contributed by atoms with Gasteiger partial charge < -0.3 is 10.1 Å². The lowest BCUT2D eigenvalue weighted by Crippen LogP contribution is -2.11. The molecule has 0 radical (unpaired) electrons. The molecule has 0 fully saturated rings. The van der Waals surface area contributed by atoms with E-state index >= 15 is 0 Å². The Bertz CT molecular complexity index is 532. The minimum absolute atomic E-state index is 0.188. The molecule has 0 spiro atoms. The molecule has 5 heteroatoms. The van der Waals surface area contributed by atoms with Gasteiger partial charge in [-0.3, -0.25) is 0 Å². The van der Waals surface area contributed by atoms with E-state index in [0.717, 1.165) is 12.1 Å². The normalized spacial score (nSPS) is 11.1. The van der Waals surface area contributed by atoms with Crippen LogP contribution >= 0.6 is 11.3 Å². The monoisotopic (exact) mass is 297 g/mol. The van der Waals surface area contributed by atoms with Crippen molar-refractivity contribution < 1.29 is 13.5 Å². The number of benzene rings is 1. The quantitative estimate of drug-likeness (QED) is 0.860. The fourth-order valence-corrected chi connectivity index (χ4v) is 2.88. The van der Waals surface area contributed by atoms with E-state index in [1.807, 2.05) is 0 Å². The third-order valence-electron chi connectivity index (χ3n) is 2.99. The largest absolute Gasteiger partial charge is 0.435 e. The number of hydrogen-bond donors (Lipinski definition) is 1. The molecule has 0 bridgehead atoms. The van der Waals surface area contributed by atoms with Gasteiger partial charge in [0.1, 0.15) is 5.75 Å². The van der Waals surface area contributed by atoms with Crippen LogP contribution in [0.4, 0.5) is 8.78 Å². The molecular weight excluding hydrogens is 280 g/mol. The zero-order valence-corrected chi connectivity index (χ0v) is 12.3. The summed E-state index contributed by atoms with van der Waals surface area (Å²) >= 11 is 1.79. The molecule has 20 heavy (non-hydrogen) atoms. The van der Waals surface area contributed by atoms with Gasteiger partial charge in [0, 0.05) is 22.8 Å². The van der Waals surface area contributed by atoms with Crippen molar-refractivity contribution in [1.29, 1.82) is 0 Å². The zero-order valence-electron chi connectivity index (χ0n) is 11.5. The van der Waals surface area contributed by atoms with E-state index in [2.05, 4.69) is 30.0 Å². The maximum absolute atomic E-state index is 12.0. The SMILES string of the molecule is Cc1cc(CNCc2ccc(OC(F)F)cc2)sc1C. The van der Waals surface area contributed by atoms with Gasteiger partial charge in [0.25, 0.3) is 0 Å². The lowest BCUT2D eigenvalue weighted by molar-refractivity contribution is -0.0498. The van der Waals surface area contributed by atoms with E-state index in [-0.39, 0.29) is 5.75 Å². The van der Waals surface area contributed by atoms with Gasteiger partial charge in [0.05, 0.1) is 0 Å². The highest BCUT2D eigenvalue weighted by atomic mass is 32.1. The van der Waals surface area contributed by atoms with Crippen molar-refractivity contribution in [1.82, 2.24) is 5.32 Å². The Morgan fingerprint density at radius 1 is 1.15 bits per heavy atom. The lowest BCUT2D eigenvalue weighted by atomic mass is 10.2. The van der Waals surface area contributed by atoms with E-state index < -0.39 is 6.61 Å². The Morgan fingerprint density at radius 2 is 1.85 bits per heavy atom. The average molecular weight is 297 g/mol. The van der Waals surface area contributed by atoms with Gasteiger partial charge in [-0.2, -0.15) is 8.78 Å². The Morgan fingerprint density at radius 3 is 2.40 bits per heavy atom. The molecule has 0 saturated heterocycles. The van der Waals surface area contributed by atoms with Crippen LogP contribution in [-0.4, -0.2) is 6.61 Å². The molecule has 1 aromatic carbocycles. The smallest absolute Gasteiger partial charge is 0.387 e. The first-order valence-electron chi connectivity index (χ1n) is 6.35. The van der Waals surface area contributed by atoms with Crippen LogP contribution in [0.1, 0.15) is 20.9 Å². The van der Waals surface area contributed by atoms with E-state index in [0.29, 0.717) is 6.54 Å². The topological polar surface area (TPSA) is 21.3 Å². The third kappa shape index (κ3) is 4.28. The number of halogens is 2. The van der Waals surface area contributed by atoms with Gasteiger partial charge in [0.2, 0.25) is 0 Å². The van der Waals surface area contributed by atoms with Gasteiger partial charge in [0.15, 0.2) is 0 Å². The van der Waals surface area contributed by atoms with Crippen LogP contribution in [0.25, 0.3) is 0 Å². The van der Waals surface area contributed by atoms with Crippen LogP contribution < -0.4 is 10.1 Å². The molecule has 2 nitrogen and oxygen atoms in total. The molecule has 1 N–H and O–H groups in total. The number of hydrogen-bond acceptors (Lipinski definition) is 3. The molecule has 0 aliphatic rings. The van der Waals surface area contributed by atoms with Crippen LogP contribution in [0.3, 0.4) is 0 Å². The summed E-state index contributed by atoms with van der Waals surface area (Å²) in [5.74, 6) is 0.188. The zero-order chi connectivity index (χ0) is 14.5. The highest BCUT2D eigenvalue weighted by Crippen LogP contribution is 2.20. The van der Waals surface area contributed by atoms with Gasteiger partial charge >= 0.3 is 6.61 Å². The number of rotatable bonds is 6. The van der Waals surface area contributed by atoms with Crippen molar-refractivity contribution in [2.45, 2.75) is 33.5 Å². The summed E-state index contributed by atoms with van der Waals surface area (Å²) in [5, 5.41) is 3.34. The second kappa shape index (κ2) is 6.81. The van der Waals surface area contributed by atoms with E-state index in [1.165, 1.54) is 15.3 Å². The maximum atomic E-state index is 12.0. The molecule has 1 aromatic heterocycles. The van der Waals surface area contributed by atoms with Crippen LogP contribution in [0, 0.1) is 13.8 Å². The average Bonchev–Trinajstić information content (AvgIpc) is 2.70. The summed E-state index contributed by atoms with van der Waals surface area (Å²) in [7, 11) is 0. The molecule has 0 amide bonds. The second-order valence-corrected chi connectivity index (χ2v) is 5.92. The van der Waals surface area contributed by atoms with Crippen molar-refractivity contribution in [2.24, 2.45) is 0 Å². The minimum atomic E-state index is -2.77. The highest BCUT2D eigenvalue weighted by Gasteiger charge is 2.04. The first-order chi connectivity index (χ1) is 9.54. The Balaban J connectivity index is 1.82. The fourth-order valence-electron chi connectivity index (χ4n) is 1.86.